The van der Waals surface area contributed by atoms with Gasteiger partial charge in [0.15, 0.2) is 11.6 Å². The highest BCUT2D eigenvalue weighted by Crippen LogP contribution is 2.35. The molecule has 0 aliphatic carbocycles. The zero-order valence-electron chi connectivity index (χ0n) is 14.8. The summed E-state index contributed by atoms with van der Waals surface area (Å²) in [4.78, 5) is 18.4. The number of benzene rings is 1. The number of furan rings is 1. The second kappa shape index (κ2) is 6.85. The molecule has 1 atom stereocenters. The van der Waals surface area contributed by atoms with Crippen LogP contribution < -0.4 is 4.90 Å². The van der Waals surface area contributed by atoms with E-state index in [9.17, 15) is 9.18 Å². The van der Waals surface area contributed by atoms with E-state index in [-0.39, 0.29) is 29.2 Å². The number of amides is 1. The van der Waals surface area contributed by atoms with Crippen LogP contribution in [0.4, 0.5) is 10.1 Å². The van der Waals surface area contributed by atoms with Crippen molar-refractivity contribution in [2.75, 3.05) is 11.4 Å². The number of hydrogen-bond donors (Lipinski definition) is 1. The summed E-state index contributed by atoms with van der Waals surface area (Å²) < 4.78 is 23.9. The van der Waals surface area contributed by atoms with Crippen molar-refractivity contribution in [3.05, 3.63) is 59.3 Å². The molecule has 3 aromatic heterocycles. The topological polar surface area (TPSA) is 101 Å². The Kier molecular flexibility index (Phi) is 4.17. The number of aromatic nitrogens is 4. The molecule has 1 aliphatic heterocycles. The van der Waals surface area contributed by atoms with Crippen molar-refractivity contribution in [1.82, 2.24) is 20.3 Å². The first-order valence-electron chi connectivity index (χ1n) is 8.77. The molecule has 1 aromatic carbocycles. The van der Waals surface area contributed by atoms with E-state index in [0.29, 0.717) is 35.2 Å². The number of carbonyl (C=O) groups excluding carboxylic acids is 1. The van der Waals surface area contributed by atoms with Crippen LogP contribution in [0.5, 0.6) is 0 Å². The van der Waals surface area contributed by atoms with Gasteiger partial charge in [0.25, 0.3) is 5.89 Å². The molecule has 1 aliphatic rings. The summed E-state index contributed by atoms with van der Waals surface area (Å²) in [6.07, 6.45) is 1.76. The van der Waals surface area contributed by atoms with Crippen LogP contribution in [0.15, 0.2) is 51.6 Å². The predicted octanol–water partition coefficient (Wildman–Crippen LogP) is 4.03. The fraction of sp³-hybridized carbons (Fsp3) is 0.158. The molecule has 0 spiro atoms. The number of rotatable bonds is 4. The third-order valence-corrected chi connectivity index (χ3v) is 5.02. The molecule has 0 saturated carbocycles. The summed E-state index contributed by atoms with van der Waals surface area (Å²) in [7, 11) is 0. The molecular formula is C19H13ClFN5O3. The van der Waals surface area contributed by atoms with E-state index in [4.69, 9.17) is 20.5 Å². The fourth-order valence-corrected chi connectivity index (χ4v) is 3.57. The van der Waals surface area contributed by atoms with E-state index < -0.39 is 5.82 Å². The van der Waals surface area contributed by atoms with Crippen LogP contribution in [-0.4, -0.2) is 32.8 Å². The normalized spacial score (nSPS) is 16.7. The SMILES string of the molecule is O=C1CC(c2noc(-c3cc(-c4ccco4)n[nH]3)n2)CN1c1ccc(F)cc1Cl. The molecule has 4 aromatic rings. The summed E-state index contributed by atoms with van der Waals surface area (Å²) in [6, 6.07) is 9.23. The van der Waals surface area contributed by atoms with Gasteiger partial charge < -0.3 is 13.8 Å². The van der Waals surface area contributed by atoms with Gasteiger partial charge in [-0.3, -0.25) is 9.89 Å². The number of hydrogen-bond acceptors (Lipinski definition) is 6. The third-order valence-electron chi connectivity index (χ3n) is 4.71. The first-order valence-corrected chi connectivity index (χ1v) is 9.15. The van der Waals surface area contributed by atoms with Crippen molar-refractivity contribution in [3.8, 4) is 23.0 Å². The van der Waals surface area contributed by atoms with Gasteiger partial charge in [0.1, 0.15) is 17.2 Å². The summed E-state index contributed by atoms with van der Waals surface area (Å²) in [5.74, 6) is 0.406. The van der Waals surface area contributed by atoms with Gasteiger partial charge in [-0.05, 0) is 30.3 Å². The van der Waals surface area contributed by atoms with Crippen LogP contribution in [0, 0.1) is 5.82 Å². The molecule has 1 fully saturated rings. The number of H-pyrrole nitrogens is 1. The molecule has 0 bridgehead atoms. The van der Waals surface area contributed by atoms with Gasteiger partial charge >= 0.3 is 0 Å². The molecule has 1 unspecified atom stereocenters. The lowest BCUT2D eigenvalue weighted by molar-refractivity contribution is -0.117. The van der Waals surface area contributed by atoms with Gasteiger partial charge in [0.2, 0.25) is 5.91 Å². The standard InChI is InChI=1S/C19H13ClFN5O3/c20-12-7-11(21)3-4-15(12)26-9-10(6-17(26)27)18-22-19(29-25-18)14-8-13(23-24-14)16-2-1-5-28-16/h1-5,7-8,10H,6,9H2,(H,23,24). The summed E-state index contributed by atoms with van der Waals surface area (Å²) in [5, 5.41) is 11.2. The number of anilines is 1. The summed E-state index contributed by atoms with van der Waals surface area (Å²) in [6.45, 7) is 0.323. The van der Waals surface area contributed by atoms with E-state index in [0.717, 1.165) is 0 Å². The Balaban J connectivity index is 1.36. The maximum atomic E-state index is 13.3. The fourth-order valence-electron chi connectivity index (χ4n) is 3.31. The number of aromatic amines is 1. The Morgan fingerprint density at radius 1 is 1.28 bits per heavy atom. The lowest BCUT2D eigenvalue weighted by Crippen LogP contribution is -2.24. The summed E-state index contributed by atoms with van der Waals surface area (Å²) in [5.41, 5.74) is 1.61. The number of nitrogens with one attached hydrogen (secondary N) is 1. The van der Waals surface area contributed by atoms with E-state index in [1.54, 1.807) is 24.5 Å². The number of carbonyl (C=O) groups is 1. The molecule has 1 N–H and O–H groups in total. The average Bonchev–Trinajstić information content (AvgIpc) is 3.47. The Morgan fingerprint density at radius 3 is 2.97 bits per heavy atom. The van der Waals surface area contributed by atoms with Crippen LogP contribution in [0.3, 0.4) is 0 Å². The Bertz CT molecular complexity index is 1190. The van der Waals surface area contributed by atoms with Gasteiger partial charge in [-0.2, -0.15) is 10.1 Å². The van der Waals surface area contributed by atoms with Gasteiger partial charge in [-0.25, -0.2) is 4.39 Å². The van der Waals surface area contributed by atoms with E-state index in [2.05, 4.69) is 20.3 Å². The Hall–Kier alpha value is -3.46. The van der Waals surface area contributed by atoms with Crippen LogP contribution in [0.25, 0.3) is 23.0 Å². The largest absolute Gasteiger partial charge is 0.463 e. The average molecular weight is 414 g/mol. The maximum Gasteiger partial charge on any atom is 0.275 e. The maximum absolute atomic E-state index is 13.3. The van der Waals surface area contributed by atoms with E-state index >= 15 is 0 Å². The van der Waals surface area contributed by atoms with E-state index in [1.807, 2.05) is 0 Å². The monoisotopic (exact) mass is 413 g/mol. The second-order valence-electron chi connectivity index (χ2n) is 6.60. The molecule has 8 nitrogen and oxygen atoms in total. The summed E-state index contributed by atoms with van der Waals surface area (Å²) >= 11 is 6.09. The number of halogens is 2. The van der Waals surface area contributed by atoms with Crippen LogP contribution in [0.1, 0.15) is 18.2 Å². The van der Waals surface area contributed by atoms with Gasteiger partial charge in [-0.15, -0.1) is 0 Å². The smallest absolute Gasteiger partial charge is 0.275 e. The quantitative estimate of drug-likeness (QED) is 0.542. The third kappa shape index (κ3) is 3.19. The molecule has 1 saturated heterocycles. The zero-order valence-corrected chi connectivity index (χ0v) is 15.6. The lowest BCUT2D eigenvalue weighted by atomic mass is 10.1. The van der Waals surface area contributed by atoms with E-state index in [1.165, 1.54) is 23.1 Å². The second-order valence-corrected chi connectivity index (χ2v) is 7.01. The Labute approximate surface area is 168 Å². The van der Waals surface area contributed by atoms with Crippen molar-refractivity contribution in [2.45, 2.75) is 12.3 Å². The van der Waals surface area contributed by atoms with Crippen molar-refractivity contribution in [1.29, 1.82) is 0 Å². The minimum Gasteiger partial charge on any atom is -0.463 e. The molecule has 29 heavy (non-hydrogen) atoms. The Morgan fingerprint density at radius 2 is 2.17 bits per heavy atom. The first-order chi connectivity index (χ1) is 14.1. The molecule has 4 heterocycles. The lowest BCUT2D eigenvalue weighted by Gasteiger charge is -2.17. The number of nitrogens with zero attached hydrogens (tertiary/aromatic N) is 4. The molecule has 146 valence electrons. The van der Waals surface area contributed by atoms with Gasteiger partial charge in [-0.1, -0.05) is 16.8 Å². The molecule has 1 amide bonds. The van der Waals surface area contributed by atoms with Gasteiger partial charge in [0.05, 0.1) is 17.0 Å². The van der Waals surface area contributed by atoms with Gasteiger partial charge in [0, 0.05) is 24.9 Å². The first kappa shape index (κ1) is 17.6. The predicted molar refractivity (Wildman–Crippen MR) is 101 cm³/mol. The van der Waals surface area contributed by atoms with Crippen molar-refractivity contribution in [3.63, 3.8) is 0 Å². The van der Waals surface area contributed by atoms with Crippen LogP contribution in [-0.2, 0) is 4.79 Å². The minimum absolute atomic E-state index is 0.142. The van der Waals surface area contributed by atoms with Crippen molar-refractivity contribution >= 4 is 23.2 Å². The highest BCUT2D eigenvalue weighted by atomic mass is 35.5. The minimum atomic E-state index is -0.460. The van der Waals surface area contributed by atoms with Crippen LogP contribution >= 0.6 is 11.6 Å². The zero-order chi connectivity index (χ0) is 20.0. The van der Waals surface area contributed by atoms with Crippen molar-refractivity contribution in [2.24, 2.45) is 0 Å². The highest BCUT2D eigenvalue weighted by Gasteiger charge is 2.35. The van der Waals surface area contributed by atoms with Crippen molar-refractivity contribution < 1.29 is 18.1 Å². The molecule has 10 heteroatoms. The van der Waals surface area contributed by atoms with Crippen LogP contribution in [0.2, 0.25) is 5.02 Å². The molecular weight excluding hydrogens is 401 g/mol. The molecule has 5 rings (SSSR count). The molecule has 0 radical (unpaired) electrons. The highest BCUT2D eigenvalue weighted by molar-refractivity contribution is 6.33.